The van der Waals surface area contributed by atoms with E-state index in [9.17, 15) is 9.59 Å². The summed E-state index contributed by atoms with van der Waals surface area (Å²) < 4.78 is 3.76. The van der Waals surface area contributed by atoms with E-state index in [-0.39, 0.29) is 17.5 Å². The molecule has 4 heterocycles. The number of hydrogen-bond acceptors (Lipinski definition) is 3. The van der Waals surface area contributed by atoms with Crippen molar-refractivity contribution in [1.29, 1.82) is 0 Å². The maximum absolute atomic E-state index is 12.8. The predicted octanol–water partition coefficient (Wildman–Crippen LogP) is 2.75. The fourth-order valence-electron chi connectivity index (χ4n) is 3.37. The summed E-state index contributed by atoms with van der Waals surface area (Å²) in [5, 5.41) is 1.69. The van der Waals surface area contributed by atoms with Crippen molar-refractivity contribution in [1.82, 2.24) is 14.1 Å². The molecule has 1 atom stereocenters. The average molecular weight is 357 g/mol. The minimum atomic E-state index is -0.118. The Labute approximate surface area is 149 Å². The summed E-state index contributed by atoms with van der Waals surface area (Å²) in [6.45, 7) is 4.04. The molecule has 128 valence electrons. The number of amides is 1. The van der Waals surface area contributed by atoms with Gasteiger partial charge in [0.2, 0.25) is 5.91 Å². The molecule has 1 unspecified atom stereocenters. The summed E-state index contributed by atoms with van der Waals surface area (Å²) in [6.07, 6.45) is 3.59. The van der Waals surface area contributed by atoms with Crippen molar-refractivity contribution in [3.8, 4) is 0 Å². The lowest BCUT2D eigenvalue weighted by molar-refractivity contribution is -0.116. The smallest absolute Gasteiger partial charge is 0.258 e. The highest BCUT2D eigenvalue weighted by atomic mass is 35.5. The third kappa shape index (κ3) is 2.28. The SMILES string of the molecule is CC(=O)N(C)c1cc2ccn(CC3c4ncn3c4C)c(=O)c2cc1Cl. The molecule has 0 aliphatic carbocycles. The van der Waals surface area contributed by atoms with Gasteiger partial charge in [0.15, 0.2) is 0 Å². The number of halogens is 1. The van der Waals surface area contributed by atoms with Gasteiger partial charge in [-0.15, -0.1) is 0 Å². The molecule has 1 aromatic carbocycles. The number of aromatic nitrogens is 3. The van der Waals surface area contributed by atoms with Gasteiger partial charge in [-0.1, -0.05) is 11.6 Å². The van der Waals surface area contributed by atoms with Crippen molar-refractivity contribution in [2.24, 2.45) is 0 Å². The number of carbonyl (C=O) groups excluding carboxylic acids is 1. The Kier molecular flexibility index (Phi) is 3.47. The van der Waals surface area contributed by atoms with Crippen LogP contribution in [0.5, 0.6) is 0 Å². The van der Waals surface area contributed by atoms with Gasteiger partial charge < -0.3 is 14.0 Å². The Morgan fingerprint density at radius 1 is 1.40 bits per heavy atom. The fourth-order valence-corrected chi connectivity index (χ4v) is 3.66. The molecular weight excluding hydrogens is 340 g/mol. The van der Waals surface area contributed by atoms with Crippen LogP contribution in [0, 0.1) is 6.92 Å². The number of carbonyl (C=O) groups is 1. The maximum Gasteiger partial charge on any atom is 0.258 e. The summed E-state index contributed by atoms with van der Waals surface area (Å²) >= 11 is 6.31. The van der Waals surface area contributed by atoms with E-state index in [1.54, 1.807) is 29.9 Å². The Morgan fingerprint density at radius 3 is 2.76 bits per heavy atom. The first-order chi connectivity index (χ1) is 11.9. The third-order valence-electron chi connectivity index (χ3n) is 4.98. The number of benzene rings is 1. The van der Waals surface area contributed by atoms with Crippen LogP contribution in [0.25, 0.3) is 10.8 Å². The molecule has 6 nitrogen and oxygen atoms in total. The minimum Gasteiger partial charge on any atom is -0.324 e. The normalized spacial score (nSPS) is 15.3. The van der Waals surface area contributed by atoms with E-state index in [2.05, 4.69) is 9.55 Å². The van der Waals surface area contributed by atoms with E-state index in [0.717, 1.165) is 16.8 Å². The van der Waals surface area contributed by atoms with Gasteiger partial charge in [-0.2, -0.15) is 0 Å². The third-order valence-corrected chi connectivity index (χ3v) is 5.28. The van der Waals surface area contributed by atoms with Crippen LogP contribution in [0.1, 0.15) is 24.4 Å². The summed E-state index contributed by atoms with van der Waals surface area (Å²) in [5.41, 5.74) is 2.69. The maximum atomic E-state index is 12.8. The Balaban J connectivity index is 1.74. The van der Waals surface area contributed by atoms with Gasteiger partial charge in [0, 0.05) is 31.2 Å². The van der Waals surface area contributed by atoms with Crippen LogP contribution in [0.15, 0.2) is 35.5 Å². The summed E-state index contributed by atoms with van der Waals surface area (Å²) in [7, 11) is 1.66. The molecule has 7 heteroatoms. The lowest BCUT2D eigenvalue weighted by Crippen LogP contribution is -2.30. The van der Waals surface area contributed by atoms with E-state index in [1.807, 2.05) is 19.3 Å². The van der Waals surface area contributed by atoms with Crippen molar-refractivity contribution in [2.45, 2.75) is 26.4 Å². The standard InChI is InChI=1S/C18H17ClN4O2/c1-10-17-16(23(10)9-20-17)8-22-5-4-12-6-15(21(3)11(2)24)14(19)7-13(12)18(22)25/h4-7,9,16H,8H2,1-3H3. The van der Waals surface area contributed by atoms with Gasteiger partial charge in [-0.3, -0.25) is 9.59 Å². The van der Waals surface area contributed by atoms with Crippen LogP contribution in [0.4, 0.5) is 5.69 Å². The molecule has 0 saturated heterocycles. The van der Waals surface area contributed by atoms with Crippen molar-refractivity contribution in [3.05, 3.63) is 57.5 Å². The number of hydrogen-bond donors (Lipinski definition) is 0. The number of aryl methyl sites for hydroxylation is 1. The number of anilines is 1. The second-order valence-corrected chi connectivity index (χ2v) is 6.79. The molecule has 1 amide bonds. The zero-order valence-corrected chi connectivity index (χ0v) is 14.9. The van der Waals surface area contributed by atoms with Gasteiger partial charge in [-0.05, 0) is 30.5 Å². The highest BCUT2D eigenvalue weighted by Crippen LogP contribution is 2.34. The molecule has 3 aromatic rings. The predicted molar refractivity (Wildman–Crippen MR) is 97.4 cm³/mol. The Bertz CT molecular complexity index is 1060. The highest BCUT2D eigenvalue weighted by molar-refractivity contribution is 6.34. The van der Waals surface area contributed by atoms with Crippen molar-refractivity contribution in [2.75, 3.05) is 11.9 Å². The van der Waals surface area contributed by atoms with E-state index in [0.29, 0.717) is 22.6 Å². The largest absolute Gasteiger partial charge is 0.324 e. The summed E-state index contributed by atoms with van der Waals surface area (Å²) in [5.74, 6) is -0.118. The molecule has 25 heavy (non-hydrogen) atoms. The zero-order valence-electron chi connectivity index (χ0n) is 14.2. The number of fused-ring (bicyclic) bond motifs is 2. The molecule has 2 aliphatic heterocycles. The number of pyridine rings is 1. The number of rotatable bonds is 3. The van der Waals surface area contributed by atoms with E-state index < -0.39 is 0 Å². The molecular formula is C18H17ClN4O2. The molecule has 2 bridgehead atoms. The first kappa shape index (κ1) is 15.9. The molecule has 2 aromatic heterocycles. The monoisotopic (exact) mass is 356 g/mol. The summed E-state index contributed by atoms with van der Waals surface area (Å²) in [6, 6.07) is 5.43. The van der Waals surface area contributed by atoms with Crippen LogP contribution in [0.2, 0.25) is 5.02 Å². The van der Waals surface area contributed by atoms with Crippen LogP contribution < -0.4 is 10.5 Å². The first-order valence-electron chi connectivity index (χ1n) is 7.99. The first-order valence-corrected chi connectivity index (χ1v) is 8.36. The minimum absolute atomic E-state index is 0.0952. The molecule has 5 rings (SSSR count). The van der Waals surface area contributed by atoms with E-state index >= 15 is 0 Å². The van der Waals surface area contributed by atoms with Crippen LogP contribution in [-0.2, 0) is 11.3 Å². The second-order valence-electron chi connectivity index (χ2n) is 6.38. The lowest BCUT2D eigenvalue weighted by atomic mass is 10.1. The van der Waals surface area contributed by atoms with Gasteiger partial charge in [0.1, 0.15) is 0 Å². The number of imidazole rings is 1. The number of nitrogens with zero attached hydrogens (tertiary/aromatic N) is 4. The van der Waals surface area contributed by atoms with Crippen LogP contribution in [0.3, 0.4) is 0 Å². The molecule has 0 fully saturated rings. The zero-order chi connectivity index (χ0) is 17.9. The fraction of sp³-hybridized carbons (Fsp3) is 0.278. The van der Waals surface area contributed by atoms with Crippen LogP contribution >= 0.6 is 11.6 Å². The van der Waals surface area contributed by atoms with Gasteiger partial charge in [-0.25, -0.2) is 4.98 Å². The second kappa shape index (κ2) is 5.46. The molecule has 0 saturated carbocycles. The Morgan fingerprint density at radius 2 is 2.16 bits per heavy atom. The van der Waals surface area contributed by atoms with E-state index in [4.69, 9.17) is 11.6 Å². The Hall–Kier alpha value is -2.60. The van der Waals surface area contributed by atoms with Crippen molar-refractivity contribution < 1.29 is 4.79 Å². The average Bonchev–Trinajstić information content (AvgIpc) is 3.18. The molecule has 0 spiro atoms. The van der Waals surface area contributed by atoms with Gasteiger partial charge in [0.05, 0.1) is 35.3 Å². The molecule has 0 radical (unpaired) electrons. The lowest BCUT2D eigenvalue weighted by Gasteiger charge is -2.26. The quantitative estimate of drug-likeness (QED) is 0.725. The van der Waals surface area contributed by atoms with Gasteiger partial charge >= 0.3 is 0 Å². The topological polar surface area (TPSA) is 60.1 Å². The van der Waals surface area contributed by atoms with Gasteiger partial charge in [0.25, 0.3) is 5.56 Å². The molecule has 2 aliphatic rings. The summed E-state index contributed by atoms with van der Waals surface area (Å²) in [4.78, 5) is 30.2. The highest BCUT2D eigenvalue weighted by Gasteiger charge is 2.31. The van der Waals surface area contributed by atoms with Crippen molar-refractivity contribution in [3.63, 3.8) is 0 Å². The van der Waals surface area contributed by atoms with E-state index in [1.165, 1.54) is 11.8 Å². The molecule has 0 N–H and O–H groups in total. The van der Waals surface area contributed by atoms with Crippen molar-refractivity contribution >= 4 is 34.0 Å². The van der Waals surface area contributed by atoms with Crippen LogP contribution in [-0.4, -0.2) is 27.1 Å².